The zero-order chi connectivity index (χ0) is 16.1. The van der Waals surface area contributed by atoms with Crippen molar-refractivity contribution in [1.29, 1.82) is 0 Å². The quantitative estimate of drug-likeness (QED) is 0.125. The molecule has 0 aliphatic rings. The second kappa shape index (κ2) is 15.7. The highest BCUT2D eigenvalue weighted by Crippen LogP contribution is 2.29. The molecule has 0 spiro atoms. The van der Waals surface area contributed by atoms with Gasteiger partial charge in [0.15, 0.2) is 0 Å². The molecule has 0 N–H and O–H groups in total. The van der Waals surface area contributed by atoms with Gasteiger partial charge in [-0.1, -0.05) is 101 Å². The average molecular weight is 446 g/mol. The molecule has 0 rings (SSSR count). The normalized spacial score (nSPS) is 13.2. The molecule has 0 aromatic carbocycles. The number of hydrogen-bond acceptors (Lipinski definition) is 0. The molecule has 0 aliphatic carbocycles. The fourth-order valence-corrected chi connectivity index (χ4v) is 3.90. The van der Waals surface area contributed by atoms with E-state index in [1.54, 1.807) is 8.78 Å². The van der Waals surface area contributed by atoms with Crippen molar-refractivity contribution in [3.63, 3.8) is 0 Å². The largest absolute Gasteiger partial charge is 0.0858 e. The highest BCUT2D eigenvalue weighted by atomic mass is 127. The lowest BCUT2D eigenvalue weighted by molar-refractivity contribution is 0.664. The Labute approximate surface area is 172 Å². The third-order valence-electron chi connectivity index (χ3n) is 3.69. The van der Waals surface area contributed by atoms with E-state index in [9.17, 15) is 0 Å². The van der Waals surface area contributed by atoms with Gasteiger partial charge in [-0.3, -0.25) is 0 Å². The minimum atomic E-state index is -1.18. The predicted octanol–water partition coefficient (Wildman–Crippen LogP) is 7.72. The van der Waals surface area contributed by atoms with Crippen LogP contribution in [-0.2, 0) is 0 Å². The van der Waals surface area contributed by atoms with Crippen molar-refractivity contribution in [3.8, 4) is 0 Å². The van der Waals surface area contributed by atoms with Crippen LogP contribution in [0.15, 0.2) is 14.9 Å². The summed E-state index contributed by atoms with van der Waals surface area (Å²) in [5, 5.41) is 0. The number of halogens is 1. The Morgan fingerprint density at radius 3 is 2.00 bits per heavy atom. The van der Waals surface area contributed by atoms with Gasteiger partial charge in [-0.2, -0.15) is 0 Å². The van der Waals surface area contributed by atoms with E-state index in [1.807, 2.05) is 0 Å². The van der Waals surface area contributed by atoms with Crippen LogP contribution in [0.5, 0.6) is 0 Å². The number of hydrogen-bond donors (Lipinski definition) is 0. The highest BCUT2D eigenvalue weighted by Gasteiger charge is 2.19. The lowest BCUT2D eigenvalue weighted by Gasteiger charge is -2.19. The van der Waals surface area contributed by atoms with Gasteiger partial charge in [-0.15, -0.1) is 0 Å². The fraction of sp³-hybridized carbons (Fsp3) is 0.789. The summed E-state index contributed by atoms with van der Waals surface area (Å²) in [6, 6.07) is 0. The van der Waals surface area contributed by atoms with E-state index in [4.69, 9.17) is 0 Å². The first kappa shape index (κ1) is 25.4. The number of unbranched alkanes of at least 4 members (excludes halogenated alkanes) is 7. The molecule has 0 amide bonds. The second-order valence-electron chi connectivity index (χ2n) is 7.06. The molecule has 0 heterocycles. The van der Waals surface area contributed by atoms with Gasteiger partial charge in [0.2, 0.25) is 0 Å². The zero-order valence-electron chi connectivity index (χ0n) is 15.7. The smallest absolute Gasteiger partial charge is 0.0654 e. The van der Waals surface area contributed by atoms with Crippen LogP contribution >= 0.6 is 22.6 Å². The Morgan fingerprint density at radius 2 is 1.50 bits per heavy atom. The predicted molar refractivity (Wildman–Crippen MR) is 118 cm³/mol. The maximum atomic E-state index is 3.57. The van der Waals surface area contributed by atoms with E-state index in [2.05, 4.69) is 68.2 Å². The summed E-state index contributed by atoms with van der Waals surface area (Å²) in [6.45, 7) is 11.9. The van der Waals surface area contributed by atoms with Crippen LogP contribution in [0.4, 0.5) is 0 Å². The lowest BCUT2D eigenvalue weighted by atomic mass is 10.1. The first-order valence-electron chi connectivity index (χ1n) is 8.89. The Hall–Kier alpha value is 1.19. The van der Waals surface area contributed by atoms with Gasteiger partial charge in [0.1, 0.15) is 0 Å². The molecule has 127 valence electrons. The molecule has 22 heavy (non-hydrogen) atoms. The lowest BCUT2D eigenvalue weighted by Crippen LogP contribution is -2.21. The summed E-state index contributed by atoms with van der Waals surface area (Å²) in [7, 11) is -1.18. The van der Waals surface area contributed by atoms with Crippen LogP contribution in [-0.4, -0.2) is 31.1 Å². The maximum Gasteiger partial charge on any atom is 0.0858 e. The molecule has 3 radical (unpaired) electrons. The van der Waals surface area contributed by atoms with Gasteiger partial charge in [0, 0.05) is 24.5 Å². The Bertz CT molecular complexity index is 322. The first-order chi connectivity index (χ1) is 9.93. The molecular formula is C19H38IMgSi. The van der Waals surface area contributed by atoms with E-state index in [-0.39, 0.29) is 24.5 Å². The Balaban J connectivity index is -0.00000200. The van der Waals surface area contributed by atoms with E-state index < -0.39 is 8.07 Å². The molecular weight excluding hydrogens is 408 g/mol. The molecule has 3 heteroatoms. The summed E-state index contributed by atoms with van der Waals surface area (Å²) >= 11 is 2.62. The van der Waals surface area contributed by atoms with Gasteiger partial charge in [0.25, 0.3) is 0 Å². The summed E-state index contributed by atoms with van der Waals surface area (Å²) in [5.41, 5.74) is 1.58. The van der Waals surface area contributed by atoms with Crippen LogP contribution < -0.4 is 0 Å². The van der Waals surface area contributed by atoms with E-state index in [1.165, 1.54) is 57.8 Å². The third kappa shape index (κ3) is 13.6. The number of rotatable bonds is 12. The molecule has 0 aromatic heterocycles. The molecule has 0 fully saturated rings. The van der Waals surface area contributed by atoms with Crippen LogP contribution in [0, 0.1) is 6.08 Å². The summed E-state index contributed by atoms with van der Waals surface area (Å²) in [6.07, 6.45) is 19.1. The minimum absolute atomic E-state index is 0. The third-order valence-corrected chi connectivity index (χ3v) is 10.9. The Morgan fingerprint density at radius 1 is 0.955 bits per heavy atom. The van der Waals surface area contributed by atoms with Crippen molar-refractivity contribution < 1.29 is 1.43 Å². The van der Waals surface area contributed by atoms with Gasteiger partial charge < -0.3 is 0 Å². The highest BCUT2D eigenvalue weighted by molar-refractivity contribution is 14.1. The van der Waals surface area contributed by atoms with Crippen molar-refractivity contribution in [1.82, 2.24) is 0 Å². The summed E-state index contributed by atoms with van der Waals surface area (Å²) in [5.74, 6) is 0. The molecule has 0 bridgehead atoms. The second-order valence-corrected chi connectivity index (χ2v) is 14.2. The van der Waals surface area contributed by atoms with Crippen LogP contribution in [0.3, 0.4) is 0 Å². The monoisotopic (exact) mass is 445 g/mol. The SMILES string of the molecule is CCCCCC[C]=C/C(CCCCCC)=C(\I)[Si](C)(C)C.[HH].[Mg]. The van der Waals surface area contributed by atoms with E-state index >= 15 is 0 Å². The summed E-state index contributed by atoms with van der Waals surface area (Å²) in [4.78, 5) is 0. The van der Waals surface area contributed by atoms with Crippen molar-refractivity contribution in [3.05, 3.63) is 20.9 Å². The topological polar surface area (TPSA) is 0 Å². The molecule has 0 nitrogen and oxygen atoms in total. The molecule has 0 saturated carbocycles. The zero-order valence-corrected chi connectivity index (χ0v) is 20.3. The first-order valence-corrected chi connectivity index (χ1v) is 13.5. The van der Waals surface area contributed by atoms with Crippen molar-refractivity contribution >= 4 is 53.7 Å². The van der Waals surface area contributed by atoms with Crippen molar-refractivity contribution in [2.24, 2.45) is 0 Å². The molecule has 0 saturated heterocycles. The molecule has 0 aliphatic heterocycles. The van der Waals surface area contributed by atoms with E-state index in [0.29, 0.717) is 0 Å². The average Bonchev–Trinajstić information content (AvgIpc) is 2.43. The maximum absolute atomic E-state index is 3.57. The Kier molecular flexibility index (Phi) is 18.2. The van der Waals surface area contributed by atoms with Gasteiger partial charge in [0.05, 0.1) is 8.07 Å². The van der Waals surface area contributed by atoms with Gasteiger partial charge >= 0.3 is 0 Å². The van der Waals surface area contributed by atoms with Crippen LogP contribution in [0.25, 0.3) is 0 Å². The van der Waals surface area contributed by atoms with Crippen LogP contribution in [0.1, 0.15) is 79.5 Å². The summed E-state index contributed by atoms with van der Waals surface area (Å²) < 4.78 is 1.65. The molecule has 0 unspecified atom stereocenters. The van der Waals surface area contributed by atoms with Gasteiger partial charge in [-0.05, 0) is 40.5 Å². The molecule has 0 atom stereocenters. The standard InChI is InChI=1S/C19H36ISi.Mg.H2/c1-6-8-10-12-13-15-17-18(16-14-11-9-7-2)19(20)21(3,4)5;;/h17H,6-14,16H2,1-5H3;;1H/b17-15?,19-18+;;. The van der Waals surface area contributed by atoms with E-state index in [0.717, 1.165) is 6.42 Å². The fourth-order valence-electron chi connectivity index (χ4n) is 2.32. The van der Waals surface area contributed by atoms with Crippen molar-refractivity contribution in [2.45, 2.75) is 97.7 Å². The molecule has 0 aromatic rings. The van der Waals surface area contributed by atoms with Gasteiger partial charge in [-0.25, -0.2) is 0 Å². The van der Waals surface area contributed by atoms with Crippen LogP contribution in [0.2, 0.25) is 19.6 Å². The van der Waals surface area contributed by atoms with Crippen molar-refractivity contribution in [2.75, 3.05) is 0 Å². The number of allylic oxidation sites excluding steroid dienone is 3. The minimum Gasteiger partial charge on any atom is -0.0654 e.